The van der Waals surface area contributed by atoms with Gasteiger partial charge < -0.3 is 4.90 Å². The lowest BCUT2D eigenvalue weighted by Crippen LogP contribution is -2.29. The number of halogens is 3. The van der Waals surface area contributed by atoms with E-state index in [-0.39, 0.29) is 0 Å². The number of nitrogens with one attached hydrogen (secondary N) is 2. The van der Waals surface area contributed by atoms with E-state index in [0.717, 1.165) is 23.5 Å². The highest BCUT2D eigenvalue weighted by Crippen LogP contribution is 2.28. The first-order valence-corrected chi connectivity index (χ1v) is 12.2. The van der Waals surface area contributed by atoms with E-state index >= 15 is 0 Å². The zero-order valence-electron chi connectivity index (χ0n) is 20.3. The minimum atomic E-state index is 0.413. The van der Waals surface area contributed by atoms with E-state index in [0.29, 0.717) is 32.4 Å². The molecule has 0 bridgehead atoms. The molecule has 0 aliphatic rings. The molecule has 0 aliphatic carbocycles. The second-order valence-electron chi connectivity index (χ2n) is 6.86. The lowest BCUT2D eigenvalue weighted by molar-refractivity contribution is 0.140. The molecule has 0 amide bonds. The van der Waals surface area contributed by atoms with Crippen molar-refractivity contribution in [3.8, 4) is 0 Å². The first-order valence-electron chi connectivity index (χ1n) is 11.0. The zero-order chi connectivity index (χ0) is 25.8. The lowest BCUT2D eigenvalue weighted by atomic mass is 10.1. The topological polar surface area (TPSA) is 74.1 Å². The Morgan fingerprint density at radius 3 is 2.20 bits per heavy atom. The van der Waals surface area contributed by atoms with Gasteiger partial charge in [-0.2, -0.15) is 4.94 Å². The highest BCUT2D eigenvalue weighted by molar-refractivity contribution is 6.36. The normalized spacial score (nSPS) is 11.4. The Morgan fingerprint density at radius 1 is 0.971 bits per heavy atom. The molecule has 3 rings (SSSR count). The van der Waals surface area contributed by atoms with Gasteiger partial charge in [-0.25, -0.2) is 20.9 Å². The van der Waals surface area contributed by atoms with Crippen LogP contribution in [0, 0.1) is 0 Å². The van der Waals surface area contributed by atoms with Gasteiger partial charge >= 0.3 is 0 Å². The molecule has 7 nitrogen and oxygen atoms in total. The molecule has 1 heterocycles. The van der Waals surface area contributed by atoms with Crippen LogP contribution in [0.2, 0.25) is 15.1 Å². The third kappa shape index (κ3) is 8.40. The van der Waals surface area contributed by atoms with Crippen LogP contribution in [-0.2, 0) is 4.94 Å². The summed E-state index contributed by atoms with van der Waals surface area (Å²) in [6.07, 6.45) is 1.51. The average Bonchev–Trinajstić information content (AvgIpc) is 2.88. The Kier molecular flexibility index (Phi) is 11.8. The predicted molar refractivity (Wildman–Crippen MR) is 148 cm³/mol. The van der Waals surface area contributed by atoms with Crippen LogP contribution in [0.15, 0.2) is 70.8 Å². The molecule has 0 saturated heterocycles. The van der Waals surface area contributed by atoms with Crippen LogP contribution in [0.5, 0.6) is 0 Å². The number of hydroxylamine groups is 1. The maximum Gasteiger partial charge on any atom is 0.159 e. The van der Waals surface area contributed by atoms with Gasteiger partial charge in [-0.1, -0.05) is 72.9 Å². The van der Waals surface area contributed by atoms with Crippen LogP contribution < -0.4 is 11.0 Å². The molecule has 0 fully saturated rings. The second kappa shape index (κ2) is 14.5. The zero-order valence-corrected chi connectivity index (χ0v) is 22.6. The second-order valence-corrected chi connectivity index (χ2v) is 8.14. The third-order valence-corrected chi connectivity index (χ3v) is 5.40. The molecule has 1 aromatic heterocycles. The quantitative estimate of drug-likeness (QED) is 0.193. The molecule has 2 aromatic carbocycles. The van der Waals surface area contributed by atoms with Crippen LogP contribution in [-0.4, -0.2) is 42.2 Å². The van der Waals surface area contributed by atoms with Gasteiger partial charge in [0, 0.05) is 43.0 Å². The first-order chi connectivity index (χ1) is 16.9. The molecule has 0 saturated carbocycles. The van der Waals surface area contributed by atoms with Gasteiger partial charge in [0.1, 0.15) is 5.84 Å². The van der Waals surface area contributed by atoms with Crippen molar-refractivity contribution in [2.24, 2.45) is 9.98 Å². The number of nitrogens with zero attached hydrogens (tertiary/aromatic N) is 4. The summed E-state index contributed by atoms with van der Waals surface area (Å²) < 4.78 is 0. The lowest BCUT2D eigenvalue weighted by Gasteiger charge is -2.19. The molecule has 0 aliphatic heterocycles. The van der Waals surface area contributed by atoms with Gasteiger partial charge in [-0.3, -0.25) is 4.99 Å². The number of anilines is 1. The summed E-state index contributed by atoms with van der Waals surface area (Å²) in [7, 11) is 3.77. The van der Waals surface area contributed by atoms with E-state index in [2.05, 4.69) is 37.8 Å². The molecule has 0 atom stereocenters. The van der Waals surface area contributed by atoms with Crippen molar-refractivity contribution < 1.29 is 4.94 Å². The molecule has 3 aromatic rings. The fourth-order valence-electron chi connectivity index (χ4n) is 2.85. The number of hydrogen-bond donors (Lipinski definition) is 2. The molecule has 10 heteroatoms. The molecule has 35 heavy (non-hydrogen) atoms. The van der Waals surface area contributed by atoms with Crippen molar-refractivity contribution in [3.05, 3.63) is 87.0 Å². The SMILES string of the molecule is CC.CCN(C)C(=NC)c1ccc(C(=Nc2ccc(Cl)cc2Cl)NONc2ccc(Cl)cn2)cc1. The van der Waals surface area contributed by atoms with Crippen molar-refractivity contribution in [2.75, 3.05) is 26.1 Å². The van der Waals surface area contributed by atoms with Gasteiger partial charge in [0.2, 0.25) is 0 Å². The van der Waals surface area contributed by atoms with Gasteiger partial charge in [-0.05, 0) is 37.3 Å². The largest absolute Gasteiger partial charge is 0.360 e. The van der Waals surface area contributed by atoms with Crippen LogP contribution >= 0.6 is 34.8 Å². The van der Waals surface area contributed by atoms with E-state index in [1.807, 2.05) is 45.2 Å². The minimum absolute atomic E-state index is 0.413. The van der Waals surface area contributed by atoms with Crippen molar-refractivity contribution in [1.82, 2.24) is 15.4 Å². The smallest absolute Gasteiger partial charge is 0.159 e. The fraction of sp³-hybridized carbons (Fsp3) is 0.240. The minimum Gasteiger partial charge on any atom is -0.360 e. The van der Waals surface area contributed by atoms with E-state index < -0.39 is 0 Å². The maximum atomic E-state index is 6.32. The van der Waals surface area contributed by atoms with Crippen molar-refractivity contribution >= 4 is 58.0 Å². The number of aliphatic imine (C=N–C) groups is 2. The Morgan fingerprint density at radius 2 is 1.63 bits per heavy atom. The van der Waals surface area contributed by atoms with Gasteiger partial charge in [0.15, 0.2) is 11.7 Å². The van der Waals surface area contributed by atoms with Gasteiger partial charge in [-0.15, -0.1) is 0 Å². The summed E-state index contributed by atoms with van der Waals surface area (Å²) >= 11 is 18.2. The molecule has 0 unspecified atom stereocenters. The molecular formula is C25H29Cl3N6O. The van der Waals surface area contributed by atoms with E-state index in [4.69, 9.17) is 39.7 Å². The third-order valence-electron chi connectivity index (χ3n) is 4.64. The monoisotopic (exact) mass is 534 g/mol. The number of aromatic nitrogens is 1. The van der Waals surface area contributed by atoms with E-state index in [1.165, 1.54) is 6.20 Å². The fourth-order valence-corrected chi connectivity index (χ4v) is 3.41. The number of hydrogen-bond acceptors (Lipinski definition) is 5. The van der Waals surface area contributed by atoms with Crippen molar-refractivity contribution in [1.29, 1.82) is 0 Å². The molecule has 0 radical (unpaired) electrons. The summed E-state index contributed by atoms with van der Waals surface area (Å²) in [6.45, 7) is 6.92. The highest BCUT2D eigenvalue weighted by Gasteiger charge is 2.11. The standard InChI is InChI=1S/C23H23Cl3N6O.C2H6/c1-4-32(3)23(27-2)16-7-5-15(6-8-16)22(29-20-11-9-17(24)13-19(20)26)31-33-30-21-12-10-18(25)14-28-21;1-2/h5-14H,4H2,1-3H3,(H,28,30)(H,29,31);1-2H3. The molecule has 2 N–H and O–H groups in total. The molecule has 0 spiro atoms. The maximum absolute atomic E-state index is 6.32. The summed E-state index contributed by atoms with van der Waals surface area (Å²) in [6, 6.07) is 16.2. The van der Waals surface area contributed by atoms with Crippen molar-refractivity contribution in [3.63, 3.8) is 0 Å². The molecule has 186 valence electrons. The van der Waals surface area contributed by atoms with Crippen molar-refractivity contribution in [2.45, 2.75) is 20.8 Å². The van der Waals surface area contributed by atoms with Crippen LogP contribution in [0.25, 0.3) is 0 Å². The van der Waals surface area contributed by atoms with Gasteiger partial charge in [0.05, 0.1) is 15.7 Å². The van der Waals surface area contributed by atoms with E-state index in [9.17, 15) is 0 Å². The summed E-state index contributed by atoms with van der Waals surface area (Å²) in [5.74, 6) is 1.78. The van der Waals surface area contributed by atoms with Crippen LogP contribution in [0.4, 0.5) is 11.5 Å². The van der Waals surface area contributed by atoms with Gasteiger partial charge in [0.25, 0.3) is 0 Å². The Labute approximate surface area is 221 Å². The Balaban J connectivity index is 0.00000210. The number of amidine groups is 2. The molecular weight excluding hydrogens is 507 g/mol. The Bertz CT molecular complexity index is 1130. The van der Waals surface area contributed by atoms with Crippen LogP contribution in [0.3, 0.4) is 0 Å². The van der Waals surface area contributed by atoms with Crippen LogP contribution in [0.1, 0.15) is 31.9 Å². The number of rotatable bonds is 7. The average molecular weight is 536 g/mol. The number of benzene rings is 2. The first kappa shape index (κ1) is 28.4. The summed E-state index contributed by atoms with van der Waals surface area (Å²) in [5.41, 5.74) is 7.80. The highest BCUT2D eigenvalue weighted by atomic mass is 35.5. The summed E-state index contributed by atoms with van der Waals surface area (Å²) in [5, 5.41) is 1.46. The van der Waals surface area contributed by atoms with E-state index in [1.54, 1.807) is 37.4 Å². The predicted octanol–water partition coefficient (Wildman–Crippen LogP) is 7.02. The summed E-state index contributed by atoms with van der Waals surface area (Å²) in [4.78, 5) is 20.6. The number of pyridine rings is 1. The Hall–Kier alpha value is -2.84.